The summed E-state index contributed by atoms with van der Waals surface area (Å²) in [4.78, 5) is 12.9. The van der Waals surface area contributed by atoms with Gasteiger partial charge in [0.2, 0.25) is 0 Å². The Balaban J connectivity index is 2.16. The maximum atomic E-state index is 12.0. The molecule has 20 heavy (non-hydrogen) atoms. The fraction of sp³-hybridized carbons (Fsp3) is 0.0667. The van der Waals surface area contributed by atoms with Gasteiger partial charge in [0, 0.05) is 20.4 Å². The fourth-order valence-corrected chi connectivity index (χ4v) is 2.91. The van der Waals surface area contributed by atoms with Crippen LogP contribution in [0.15, 0.2) is 45.8 Å². The van der Waals surface area contributed by atoms with Crippen molar-refractivity contribution < 1.29 is 4.79 Å². The summed E-state index contributed by atoms with van der Waals surface area (Å²) in [6.45, 7) is 1.97. The molecule has 1 amide bonds. The van der Waals surface area contributed by atoms with E-state index in [1.54, 1.807) is 6.08 Å². The topological polar surface area (TPSA) is 52.9 Å². The van der Waals surface area contributed by atoms with Crippen LogP contribution in [0.2, 0.25) is 0 Å². The summed E-state index contributed by atoms with van der Waals surface area (Å²) < 4.78 is 0.935. The van der Waals surface area contributed by atoms with Crippen LogP contribution in [0, 0.1) is 18.3 Å². The molecule has 1 aromatic heterocycles. The first-order valence-corrected chi connectivity index (χ1v) is 7.49. The molecule has 5 heteroatoms. The molecule has 0 atom stereocenters. The summed E-state index contributed by atoms with van der Waals surface area (Å²) in [5.74, 6) is -0.402. The summed E-state index contributed by atoms with van der Waals surface area (Å²) >= 11 is 4.80. The zero-order valence-corrected chi connectivity index (χ0v) is 13.1. The minimum atomic E-state index is -0.402. The zero-order valence-electron chi connectivity index (χ0n) is 10.7. The molecule has 2 rings (SSSR count). The Labute approximate surface area is 129 Å². The Kier molecular flexibility index (Phi) is 4.72. The van der Waals surface area contributed by atoms with E-state index in [9.17, 15) is 4.79 Å². The van der Waals surface area contributed by atoms with Crippen LogP contribution >= 0.6 is 27.3 Å². The molecule has 0 radical (unpaired) electrons. The number of amides is 1. The van der Waals surface area contributed by atoms with Gasteiger partial charge in [-0.2, -0.15) is 5.26 Å². The number of rotatable bonds is 3. The number of thiophene rings is 1. The lowest BCUT2D eigenvalue weighted by Gasteiger charge is -2.04. The number of carbonyl (C=O) groups is 1. The summed E-state index contributed by atoms with van der Waals surface area (Å²) in [7, 11) is 0. The van der Waals surface area contributed by atoms with Gasteiger partial charge in [-0.25, -0.2) is 0 Å². The quantitative estimate of drug-likeness (QED) is 0.662. The van der Waals surface area contributed by atoms with Crippen LogP contribution in [0.4, 0.5) is 5.69 Å². The summed E-state index contributed by atoms with van der Waals surface area (Å²) in [5, 5.41) is 13.7. The molecular weight excluding hydrogens is 336 g/mol. The van der Waals surface area contributed by atoms with E-state index in [2.05, 4.69) is 21.2 Å². The van der Waals surface area contributed by atoms with E-state index in [0.717, 1.165) is 14.9 Å². The van der Waals surface area contributed by atoms with E-state index in [1.807, 2.05) is 48.7 Å². The highest BCUT2D eigenvalue weighted by molar-refractivity contribution is 9.10. The standard InChI is InChI=1S/C15H11BrN2OS/c1-10-2-4-13(5-3-10)18-15(19)11(8-17)6-14-7-12(16)9-20-14/h2-7,9H,1H3,(H,18,19)/b11-6+. The van der Waals surface area contributed by atoms with Crippen LogP contribution in [0.25, 0.3) is 6.08 Å². The van der Waals surface area contributed by atoms with Gasteiger partial charge in [-0.15, -0.1) is 11.3 Å². The van der Waals surface area contributed by atoms with Gasteiger partial charge >= 0.3 is 0 Å². The highest BCUT2D eigenvalue weighted by Crippen LogP contribution is 2.22. The fourth-order valence-electron chi connectivity index (χ4n) is 1.53. The van der Waals surface area contributed by atoms with Gasteiger partial charge in [0.1, 0.15) is 11.6 Å². The number of anilines is 1. The van der Waals surface area contributed by atoms with Crippen LogP contribution in [0.5, 0.6) is 0 Å². The molecule has 100 valence electrons. The Morgan fingerprint density at radius 1 is 1.40 bits per heavy atom. The smallest absolute Gasteiger partial charge is 0.266 e. The second kappa shape index (κ2) is 6.51. The third-order valence-corrected chi connectivity index (χ3v) is 4.19. The molecule has 0 spiro atoms. The van der Waals surface area contributed by atoms with E-state index >= 15 is 0 Å². The lowest BCUT2D eigenvalue weighted by atomic mass is 10.2. The summed E-state index contributed by atoms with van der Waals surface area (Å²) in [5.41, 5.74) is 1.87. The first-order valence-electron chi connectivity index (χ1n) is 5.82. The summed E-state index contributed by atoms with van der Waals surface area (Å²) in [6.07, 6.45) is 1.58. The second-order valence-corrected chi connectivity index (χ2v) is 6.02. The maximum Gasteiger partial charge on any atom is 0.266 e. The van der Waals surface area contributed by atoms with Gasteiger partial charge in [0.05, 0.1) is 0 Å². The lowest BCUT2D eigenvalue weighted by molar-refractivity contribution is -0.112. The van der Waals surface area contributed by atoms with Crippen LogP contribution in [0.1, 0.15) is 10.4 Å². The molecule has 1 heterocycles. The van der Waals surface area contributed by atoms with Crippen molar-refractivity contribution >= 4 is 44.9 Å². The van der Waals surface area contributed by atoms with Crippen LogP contribution in [-0.2, 0) is 4.79 Å². The number of nitrogens with zero attached hydrogens (tertiary/aromatic N) is 1. The zero-order chi connectivity index (χ0) is 14.5. The molecule has 0 saturated heterocycles. The Hall–Kier alpha value is -1.90. The van der Waals surface area contributed by atoms with E-state index in [0.29, 0.717) is 5.69 Å². The van der Waals surface area contributed by atoms with Crippen molar-refractivity contribution in [2.24, 2.45) is 0 Å². The van der Waals surface area contributed by atoms with Crippen molar-refractivity contribution in [1.29, 1.82) is 5.26 Å². The number of nitriles is 1. The third-order valence-electron chi connectivity index (χ3n) is 2.55. The minimum Gasteiger partial charge on any atom is -0.321 e. The van der Waals surface area contributed by atoms with Crippen molar-refractivity contribution in [3.8, 4) is 6.07 Å². The molecule has 1 N–H and O–H groups in total. The average Bonchev–Trinajstić information content (AvgIpc) is 2.84. The predicted molar refractivity (Wildman–Crippen MR) is 85.4 cm³/mol. The molecule has 0 aliphatic rings. The molecule has 0 aliphatic carbocycles. The Morgan fingerprint density at radius 3 is 2.65 bits per heavy atom. The minimum absolute atomic E-state index is 0.0833. The molecule has 1 aromatic carbocycles. The van der Waals surface area contributed by atoms with E-state index < -0.39 is 5.91 Å². The van der Waals surface area contributed by atoms with Gasteiger partial charge < -0.3 is 5.32 Å². The molecule has 0 bridgehead atoms. The number of hydrogen-bond donors (Lipinski definition) is 1. The van der Waals surface area contributed by atoms with Gasteiger partial charge in [-0.05, 0) is 47.1 Å². The molecule has 0 unspecified atom stereocenters. The Morgan fingerprint density at radius 2 is 2.10 bits per heavy atom. The largest absolute Gasteiger partial charge is 0.321 e. The van der Waals surface area contributed by atoms with Gasteiger partial charge in [0.25, 0.3) is 5.91 Å². The molecule has 0 saturated carbocycles. The average molecular weight is 347 g/mol. The van der Waals surface area contributed by atoms with E-state index in [1.165, 1.54) is 11.3 Å². The first kappa shape index (κ1) is 14.5. The van der Waals surface area contributed by atoms with Gasteiger partial charge in [-0.3, -0.25) is 4.79 Å². The number of carbonyl (C=O) groups excluding carboxylic acids is 1. The van der Waals surface area contributed by atoms with Gasteiger partial charge in [-0.1, -0.05) is 17.7 Å². The third kappa shape index (κ3) is 3.80. The van der Waals surface area contributed by atoms with Crippen molar-refractivity contribution in [3.63, 3.8) is 0 Å². The summed E-state index contributed by atoms with van der Waals surface area (Å²) in [6, 6.07) is 11.2. The number of nitrogens with one attached hydrogen (secondary N) is 1. The lowest BCUT2D eigenvalue weighted by Crippen LogP contribution is -2.13. The molecular formula is C15H11BrN2OS. The monoisotopic (exact) mass is 346 g/mol. The first-order chi connectivity index (χ1) is 9.58. The molecule has 0 fully saturated rings. The number of benzene rings is 1. The van der Waals surface area contributed by atoms with Crippen molar-refractivity contribution in [1.82, 2.24) is 0 Å². The van der Waals surface area contributed by atoms with Crippen molar-refractivity contribution in [3.05, 3.63) is 56.2 Å². The van der Waals surface area contributed by atoms with Crippen LogP contribution in [-0.4, -0.2) is 5.91 Å². The van der Waals surface area contributed by atoms with Crippen LogP contribution < -0.4 is 5.32 Å². The molecule has 2 aromatic rings. The highest BCUT2D eigenvalue weighted by atomic mass is 79.9. The molecule has 3 nitrogen and oxygen atoms in total. The number of aryl methyl sites for hydroxylation is 1. The molecule has 0 aliphatic heterocycles. The predicted octanol–water partition coefficient (Wildman–Crippen LogP) is 4.36. The van der Waals surface area contributed by atoms with Crippen molar-refractivity contribution in [2.45, 2.75) is 6.92 Å². The normalized spacial score (nSPS) is 10.9. The van der Waals surface area contributed by atoms with E-state index in [4.69, 9.17) is 5.26 Å². The van der Waals surface area contributed by atoms with E-state index in [-0.39, 0.29) is 5.57 Å². The highest BCUT2D eigenvalue weighted by Gasteiger charge is 2.10. The van der Waals surface area contributed by atoms with Crippen LogP contribution in [0.3, 0.4) is 0 Å². The Bertz CT molecular complexity index is 695. The SMILES string of the molecule is Cc1ccc(NC(=O)/C(C#N)=C/c2cc(Br)cs2)cc1. The van der Waals surface area contributed by atoms with Gasteiger partial charge in [0.15, 0.2) is 0 Å². The number of hydrogen-bond acceptors (Lipinski definition) is 3. The second-order valence-electron chi connectivity index (χ2n) is 4.16. The van der Waals surface area contributed by atoms with Crippen molar-refractivity contribution in [2.75, 3.05) is 5.32 Å². The number of halogens is 1. The maximum absolute atomic E-state index is 12.0.